The van der Waals surface area contributed by atoms with Crippen LogP contribution in [0.1, 0.15) is 51.4 Å². The second kappa shape index (κ2) is 5.80. The highest BCUT2D eigenvalue weighted by atomic mass is 16.5. The van der Waals surface area contributed by atoms with Crippen LogP contribution in [0.25, 0.3) is 0 Å². The molecule has 2 N–H and O–H groups in total. The summed E-state index contributed by atoms with van der Waals surface area (Å²) in [6, 6.07) is -0.139. The molecule has 0 saturated heterocycles. The van der Waals surface area contributed by atoms with Crippen LogP contribution in [0.2, 0.25) is 0 Å². The quantitative estimate of drug-likeness (QED) is 0.840. The largest absolute Gasteiger partial charge is 0.378 e. The van der Waals surface area contributed by atoms with E-state index in [1.165, 1.54) is 0 Å². The molecule has 5 nitrogen and oxygen atoms in total. The molecule has 18 heavy (non-hydrogen) atoms. The van der Waals surface area contributed by atoms with E-state index in [1.807, 2.05) is 6.92 Å². The summed E-state index contributed by atoms with van der Waals surface area (Å²) in [5.41, 5.74) is 5.99. The molecule has 0 amide bonds. The summed E-state index contributed by atoms with van der Waals surface area (Å²) in [6.07, 6.45) is 3.48. The number of nitrogens with two attached hydrogens (primary N) is 1. The zero-order valence-electron chi connectivity index (χ0n) is 11.4. The van der Waals surface area contributed by atoms with Crippen molar-refractivity contribution in [3.05, 3.63) is 11.7 Å². The van der Waals surface area contributed by atoms with Crippen LogP contribution in [0.5, 0.6) is 0 Å². The average molecular weight is 253 g/mol. The highest BCUT2D eigenvalue weighted by Gasteiger charge is 2.31. The van der Waals surface area contributed by atoms with E-state index in [2.05, 4.69) is 24.0 Å². The number of aromatic nitrogens is 2. The minimum atomic E-state index is -0.139. The van der Waals surface area contributed by atoms with E-state index in [0.29, 0.717) is 29.7 Å². The molecule has 2 rings (SSSR count). The molecule has 0 aromatic carbocycles. The van der Waals surface area contributed by atoms with E-state index < -0.39 is 0 Å². The molecule has 1 heterocycles. The van der Waals surface area contributed by atoms with E-state index in [-0.39, 0.29) is 6.04 Å². The van der Waals surface area contributed by atoms with Gasteiger partial charge in [-0.15, -0.1) is 0 Å². The van der Waals surface area contributed by atoms with Crippen molar-refractivity contribution in [3.63, 3.8) is 0 Å². The Morgan fingerprint density at radius 2 is 2.17 bits per heavy atom. The molecular weight excluding hydrogens is 230 g/mol. The summed E-state index contributed by atoms with van der Waals surface area (Å²) in [5, 5.41) is 3.96. The van der Waals surface area contributed by atoms with Gasteiger partial charge in [-0.25, -0.2) is 0 Å². The maximum absolute atomic E-state index is 5.99. The third kappa shape index (κ3) is 3.09. The molecule has 1 fully saturated rings. The first-order valence-electron chi connectivity index (χ1n) is 6.79. The Hall–Kier alpha value is -0.940. The van der Waals surface area contributed by atoms with Gasteiger partial charge in [-0.05, 0) is 31.6 Å². The van der Waals surface area contributed by atoms with Gasteiger partial charge in [-0.1, -0.05) is 19.0 Å². The van der Waals surface area contributed by atoms with Gasteiger partial charge >= 0.3 is 0 Å². The Labute approximate surface area is 108 Å². The van der Waals surface area contributed by atoms with Crippen molar-refractivity contribution < 1.29 is 9.26 Å². The summed E-state index contributed by atoms with van der Waals surface area (Å²) >= 11 is 0. The number of rotatable bonds is 6. The van der Waals surface area contributed by atoms with Gasteiger partial charge < -0.3 is 15.0 Å². The minimum absolute atomic E-state index is 0.139. The van der Waals surface area contributed by atoms with Crippen molar-refractivity contribution >= 4 is 0 Å². The molecule has 0 bridgehead atoms. The highest BCUT2D eigenvalue weighted by molar-refractivity contribution is 4.96. The van der Waals surface area contributed by atoms with Gasteiger partial charge in [0.1, 0.15) is 0 Å². The van der Waals surface area contributed by atoms with Crippen LogP contribution in [-0.4, -0.2) is 22.9 Å². The maximum Gasteiger partial charge on any atom is 0.226 e. The lowest BCUT2D eigenvalue weighted by Gasteiger charge is -2.33. The smallest absolute Gasteiger partial charge is 0.226 e. The molecule has 102 valence electrons. The van der Waals surface area contributed by atoms with Crippen LogP contribution in [0.4, 0.5) is 0 Å². The topological polar surface area (TPSA) is 74.2 Å². The van der Waals surface area contributed by atoms with Gasteiger partial charge in [-0.3, -0.25) is 0 Å². The second-order valence-electron chi connectivity index (χ2n) is 5.44. The molecule has 1 aliphatic rings. The van der Waals surface area contributed by atoms with Gasteiger partial charge in [-0.2, -0.15) is 4.98 Å². The van der Waals surface area contributed by atoms with Gasteiger partial charge in [0.25, 0.3) is 0 Å². The predicted octanol–water partition coefficient (Wildman–Crippen LogP) is 2.08. The third-order valence-electron chi connectivity index (χ3n) is 3.56. The maximum atomic E-state index is 5.99. The zero-order valence-corrected chi connectivity index (χ0v) is 11.4. The summed E-state index contributed by atoms with van der Waals surface area (Å²) < 4.78 is 10.8. The van der Waals surface area contributed by atoms with Gasteiger partial charge in [0, 0.05) is 13.0 Å². The van der Waals surface area contributed by atoms with Gasteiger partial charge in [0.15, 0.2) is 5.82 Å². The summed E-state index contributed by atoms with van der Waals surface area (Å²) in [4.78, 5) is 4.38. The molecule has 5 heteroatoms. The number of hydrogen-bond acceptors (Lipinski definition) is 5. The molecular formula is C13H23N3O2. The Balaban J connectivity index is 1.81. The van der Waals surface area contributed by atoms with E-state index in [0.717, 1.165) is 25.9 Å². The molecule has 1 aromatic rings. The Kier molecular flexibility index (Phi) is 4.35. The van der Waals surface area contributed by atoms with Gasteiger partial charge in [0.05, 0.1) is 12.1 Å². The monoisotopic (exact) mass is 253 g/mol. The van der Waals surface area contributed by atoms with Crippen molar-refractivity contribution in [1.82, 2.24) is 10.1 Å². The highest BCUT2D eigenvalue weighted by Crippen LogP contribution is 2.32. The van der Waals surface area contributed by atoms with Crippen molar-refractivity contribution in [2.45, 2.75) is 52.2 Å². The lowest BCUT2D eigenvalue weighted by Crippen LogP contribution is -2.32. The number of ether oxygens (including phenoxy) is 1. The molecule has 1 aromatic heterocycles. The van der Waals surface area contributed by atoms with Crippen LogP contribution in [-0.2, 0) is 11.2 Å². The zero-order chi connectivity index (χ0) is 13.1. The summed E-state index contributed by atoms with van der Waals surface area (Å²) in [7, 11) is 0. The fourth-order valence-electron chi connectivity index (χ4n) is 2.24. The fourth-order valence-corrected chi connectivity index (χ4v) is 2.24. The van der Waals surface area contributed by atoms with Crippen molar-refractivity contribution in [1.29, 1.82) is 0 Å². The van der Waals surface area contributed by atoms with Crippen molar-refractivity contribution in [2.75, 3.05) is 6.61 Å². The molecule has 0 spiro atoms. The van der Waals surface area contributed by atoms with Crippen LogP contribution >= 0.6 is 0 Å². The number of hydrogen-bond donors (Lipinski definition) is 1. The molecule has 1 saturated carbocycles. The standard InChI is InChI=1S/C13H23N3O2/c1-4-17-10-5-9(6-10)7-11-15-13(16-18-11)12(14)8(2)3/h8-10,12H,4-7,14H2,1-3H3. The minimum Gasteiger partial charge on any atom is -0.378 e. The average Bonchev–Trinajstić information content (AvgIpc) is 2.73. The van der Waals surface area contributed by atoms with Crippen LogP contribution in [0.3, 0.4) is 0 Å². The summed E-state index contributed by atoms with van der Waals surface area (Å²) in [5.74, 6) is 2.27. The Morgan fingerprint density at radius 1 is 1.44 bits per heavy atom. The molecule has 1 atom stereocenters. The summed E-state index contributed by atoms with van der Waals surface area (Å²) in [6.45, 7) is 6.94. The first-order valence-corrected chi connectivity index (χ1v) is 6.79. The second-order valence-corrected chi connectivity index (χ2v) is 5.44. The normalized spacial score (nSPS) is 25.2. The van der Waals surface area contributed by atoms with E-state index in [1.54, 1.807) is 0 Å². The van der Waals surface area contributed by atoms with Crippen LogP contribution in [0.15, 0.2) is 4.52 Å². The molecule has 0 aliphatic heterocycles. The van der Waals surface area contributed by atoms with Crippen LogP contribution in [0, 0.1) is 11.8 Å². The lowest BCUT2D eigenvalue weighted by atomic mass is 9.80. The van der Waals surface area contributed by atoms with E-state index in [9.17, 15) is 0 Å². The first-order chi connectivity index (χ1) is 8.60. The first kappa shape index (κ1) is 13.5. The van der Waals surface area contributed by atoms with Crippen molar-refractivity contribution in [3.8, 4) is 0 Å². The Bertz CT molecular complexity index is 372. The van der Waals surface area contributed by atoms with Crippen molar-refractivity contribution in [2.24, 2.45) is 17.6 Å². The molecule has 0 radical (unpaired) electrons. The fraction of sp³-hybridized carbons (Fsp3) is 0.846. The SMILES string of the molecule is CCOC1CC(Cc2nc(C(N)C(C)C)no2)C1. The Morgan fingerprint density at radius 3 is 2.78 bits per heavy atom. The molecule has 1 aliphatic carbocycles. The van der Waals surface area contributed by atoms with E-state index in [4.69, 9.17) is 15.0 Å². The lowest BCUT2D eigenvalue weighted by molar-refractivity contribution is -0.0258. The molecule has 1 unspecified atom stereocenters. The van der Waals surface area contributed by atoms with Crippen LogP contribution < -0.4 is 5.73 Å². The third-order valence-corrected chi connectivity index (χ3v) is 3.56. The van der Waals surface area contributed by atoms with E-state index >= 15 is 0 Å². The van der Waals surface area contributed by atoms with Gasteiger partial charge in [0.2, 0.25) is 5.89 Å². The number of nitrogens with zero attached hydrogens (tertiary/aromatic N) is 2. The predicted molar refractivity (Wildman–Crippen MR) is 67.9 cm³/mol.